The Balaban J connectivity index is 2.20. The summed E-state index contributed by atoms with van der Waals surface area (Å²) in [4.78, 5) is 21.7. The predicted octanol–water partition coefficient (Wildman–Crippen LogP) is 2.97. The van der Waals surface area contributed by atoms with Gasteiger partial charge in [-0.05, 0) is 24.8 Å². The lowest BCUT2D eigenvalue weighted by Gasteiger charge is -2.28. The van der Waals surface area contributed by atoms with Crippen LogP contribution in [0.4, 0.5) is 0 Å². The predicted molar refractivity (Wildman–Crippen MR) is 80.8 cm³/mol. The first kappa shape index (κ1) is 17.2. The Morgan fingerprint density at radius 3 is 2.64 bits per heavy atom. The molecular formula is C15H21O6P. The Kier molecular flexibility index (Phi) is 5.75. The number of hydrogen-bond donors (Lipinski definition) is 2. The van der Waals surface area contributed by atoms with Crippen molar-refractivity contribution in [3.8, 4) is 0 Å². The molecule has 1 aromatic carbocycles. The van der Waals surface area contributed by atoms with Gasteiger partial charge in [-0.3, -0.25) is 9.09 Å². The average Bonchev–Trinajstić information content (AvgIpc) is 3.00. The highest BCUT2D eigenvalue weighted by Gasteiger charge is 2.42. The molecule has 0 amide bonds. The quantitative estimate of drug-likeness (QED) is 0.748. The van der Waals surface area contributed by atoms with Crippen LogP contribution in [-0.4, -0.2) is 34.3 Å². The van der Waals surface area contributed by atoms with E-state index in [9.17, 15) is 19.4 Å². The molecule has 0 bridgehead atoms. The molecule has 0 aliphatic carbocycles. The minimum absolute atomic E-state index is 0.339. The average molecular weight is 328 g/mol. The molecule has 122 valence electrons. The maximum atomic E-state index is 12.6. The van der Waals surface area contributed by atoms with E-state index in [4.69, 9.17) is 9.26 Å². The van der Waals surface area contributed by atoms with Crippen LogP contribution >= 0.6 is 7.60 Å². The van der Waals surface area contributed by atoms with E-state index in [1.165, 1.54) is 0 Å². The highest BCUT2D eigenvalue weighted by Crippen LogP contribution is 2.55. The van der Waals surface area contributed by atoms with Gasteiger partial charge < -0.3 is 14.7 Å². The van der Waals surface area contributed by atoms with Gasteiger partial charge in [0.25, 0.3) is 0 Å². The van der Waals surface area contributed by atoms with Gasteiger partial charge in [-0.1, -0.05) is 37.3 Å². The minimum atomic E-state index is -4.13. The van der Waals surface area contributed by atoms with Crippen LogP contribution in [0.3, 0.4) is 0 Å². The number of carbonyl (C=O) groups is 1. The molecule has 4 unspecified atom stereocenters. The topological polar surface area (TPSA) is 93.1 Å². The van der Waals surface area contributed by atoms with E-state index in [0.29, 0.717) is 25.0 Å². The van der Waals surface area contributed by atoms with Crippen LogP contribution in [0.15, 0.2) is 30.3 Å². The molecule has 1 aromatic rings. The SMILES string of the molecule is CCC(C1CCCO1)P(=O)(O)OC(C(=O)O)c1ccccc1. The standard InChI is InChI=1S/C15H21O6P/c1-2-13(12-9-6-10-20-12)22(18,19)21-14(15(16)17)11-7-4-3-5-8-11/h3-5,7-8,12-14H,2,6,9-10H2,1H3,(H,16,17)(H,18,19). The van der Waals surface area contributed by atoms with E-state index in [1.54, 1.807) is 37.3 Å². The second-order valence-corrected chi connectivity index (χ2v) is 7.33. The lowest BCUT2D eigenvalue weighted by atomic mass is 10.1. The summed E-state index contributed by atoms with van der Waals surface area (Å²) >= 11 is 0. The molecule has 1 saturated heterocycles. The molecular weight excluding hydrogens is 307 g/mol. The van der Waals surface area contributed by atoms with Crippen LogP contribution in [0.1, 0.15) is 37.9 Å². The van der Waals surface area contributed by atoms with Gasteiger partial charge in [0.15, 0.2) is 6.10 Å². The number of hydrogen-bond acceptors (Lipinski definition) is 4. The number of benzene rings is 1. The first-order valence-electron chi connectivity index (χ1n) is 7.36. The highest BCUT2D eigenvalue weighted by molar-refractivity contribution is 7.53. The summed E-state index contributed by atoms with van der Waals surface area (Å²) < 4.78 is 23.3. The third-order valence-electron chi connectivity index (χ3n) is 3.81. The largest absolute Gasteiger partial charge is 0.479 e. The summed E-state index contributed by atoms with van der Waals surface area (Å²) in [6, 6.07) is 8.18. The fourth-order valence-corrected chi connectivity index (χ4v) is 4.50. The third kappa shape index (κ3) is 3.96. The zero-order valence-electron chi connectivity index (χ0n) is 12.4. The maximum absolute atomic E-state index is 12.6. The lowest BCUT2D eigenvalue weighted by molar-refractivity contribution is -0.145. The summed E-state index contributed by atoms with van der Waals surface area (Å²) in [5.74, 6) is -1.29. The summed E-state index contributed by atoms with van der Waals surface area (Å²) in [7, 11) is -4.13. The van der Waals surface area contributed by atoms with Crippen molar-refractivity contribution < 1.29 is 28.6 Å². The number of carboxylic acids is 1. The van der Waals surface area contributed by atoms with Crippen molar-refractivity contribution in [1.29, 1.82) is 0 Å². The van der Waals surface area contributed by atoms with Gasteiger partial charge in [-0.2, -0.15) is 0 Å². The molecule has 0 spiro atoms. The molecule has 0 saturated carbocycles. The fraction of sp³-hybridized carbons (Fsp3) is 0.533. The van der Waals surface area contributed by atoms with Crippen molar-refractivity contribution in [1.82, 2.24) is 0 Å². The third-order valence-corrected chi connectivity index (χ3v) is 5.86. The Bertz CT molecular complexity index is 540. The van der Waals surface area contributed by atoms with Crippen LogP contribution in [0, 0.1) is 0 Å². The molecule has 1 fully saturated rings. The highest BCUT2D eigenvalue weighted by atomic mass is 31.2. The summed E-state index contributed by atoms with van der Waals surface area (Å²) in [6.07, 6.45) is 0.0932. The van der Waals surface area contributed by atoms with Gasteiger partial charge in [-0.15, -0.1) is 0 Å². The summed E-state index contributed by atoms with van der Waals surface area (Å²) in [5.41, 5.74) is -0.368. The normalized spacial score (nSPS) is 23.6. The zero-order chi connectivity index (χ0) is 16.2. The van der Waals surface area contributed by atoms with E-state index in [-0.39, 0.29) is 6.10 Å². The van der Waals surface area contributed by atoms with Gasteiger partial charge in [0.05, 0.1) is 11.8 Å². The second kappa shape index (κ2) is 7.38. The number of rotatable bonds is 7. The van der Waals surface area contributed by atoms with Gasteiger partial charge in [0, 0.05) is 6.61 Å². The first-order chi connectivity index (χ1) is 10.5. The van der Waals surface area contributed by atoms with E-state index in [2.05, 4.69) is 0 Å². The molecule has 7 heteroatoms. The van der Waals surface area contributed by atoms with Gasteiger partial charge in [-0.25, -0.2) is 4.79 Å². The number of ether oxygens (including phenoxy) is 1. The van der Waals surface area contributed by atoms with Crippen LogP contribution in [0.2, 0.25) is 0 Å². The minimum Gasteiger partial charge on any atom is -0.479 e. The van der Waals surface area contributed by atoms with E-state index in [1.807, 2.05) is 0 Å². The molecule has 2 rings (SSSR count). The fourth-order valence-electron chi connectivity index (χ4n) is 2.72. The Morgan fingerprint density at radius 1 is 1.45 bits per heavy atom. The number of carboxylic acid groups (broad SMARTS) is 1. The second-order valence-electron chi connectivity index (χ2n) is 5.33. The Morgan fingerprint density at radius 2 is 2.14 bits per heavy atom. The van der Waals surface area contributed by atoms with E-state index >= 15 is 0 Å². The molecule has 6 nitrogen and oxygen atoms in total. The molecule has 1 aliphatic heterocycles. The molecule has 0 radical (unpaired) electrons. The molecule has 4 atom stereocenters. The summed E-state index contributed by atoms with van der Waals surface area (Å²) in [5, 5.41) is 9.32. The molecule has 1 aliphatic rings. The molecule has 22 heavy (non-hydrogen) atoms. The van der Waals surface area contributed by atoms with Crippen molar-refractivity contribution in [3.63, 3.8) is 0 Å². The van der Waals surface area contributed by atoms with Crippen LogP contribution in [0.5, 0.6) is 0 Å². The van der Waals surface area contributed by atoms with Crippen LogP contribution < -0.4 is 0 Å². The first-order valence-corrected chi connectivity index (χ1v) is 9.00. The van der Waals surface area contributed by atoms with Gasteiger partial charge in [0.2, 0.25) is 0 Å². The summed E-state index contributed by atoms with van der Waals surface area (Å²) in [6.45, 7) is 2.33. The molecule has 0 aromatic heterocycles. The Hall–Kier alpha value is -1.20. The lowest BCUT2D eigenvalue weighted by Crippen LogP contribution is -2.27. The van der Waals surface area contributed by atoms with Gasteiger partial charge in [0.1, 0.15) is 0 Å². The van der Waals surface area contributed by atoms with Gasteiger partial charge >= 0.3 is 13.6 Å². The molecule has 1 heterocycles. The zero-order valence-corrected chi connectivity index (χ0v) is 13.3. The number of aliphatic carboxylic acids is 1. The maximum Gasteiger partial charge on any atom is 0.338 e. The monoisotopic (exact) mass is 328 g/mol. The van der Waals surface area contributed by atoms with Crippen molar-refractivity contribution in [2.75, 3.05) is 6.61 Å². The van der Waals surface area contributed by atoms with E-state index in [0.717, 1.165) is 6.42 Å². The van der Waals surface area contributed by atoms with Crippen molar-refractivity contribution in [2.45, 2.75) is 44.1 Å². The smallest absolute Gasteiger partial charge is 0.338 e. The van der Waals surface area contributed by atoms with Crippen molar-refractivity contribution in [2.24, 2.45) is 0 Å². The van der Waals surface area contributed by atoms with Crippen molar-refractivity contribution >= 4 is 13.6 Å². The van der Waals surface area contributed by atoms with Crippen LogP contribution in [-0.2, 0) is 18.6 Å². The Labute approximate surface area is 129 Å². The van der Waals surface area contributed by atoms with E-state index < -0.39 is 25.3 Å². The van der Waals surface area contributed by atoms with Crippen LogP contribution in [0.25, 0.3) is 0 Å². The van der Waals surface area contributed by atoms with Crippen molar-refractivity contribution in [3.05, 3.63) is 35.9 Å². The molecule has 2 N–H and O–H groups in total.